The fourth-order valence-electron chi connectivity index (χ4n) is 2.34. The first-order valence-electron chi connectivity index (χ1n) is 6.76. The number of benzene rings is 1. The number of H-pyrrole nitrogens is 1. The molecular weight excluding hydrogens is 242 g/mol. The Balaban J connectivity index is 1.76. The standard InChI is InChI=1S/C14H19N3O2/c1-2-19-11-3-4-12-13(9-11)16-14(15-12)10-17-5-7-18-8-6-17/h3-4,9H,2,5-8,10H2,1H3,(H,15,16). The molecular formula is C14H19N3O2. The van der Waals surface area contributed by atoms with Crippen LogP contribution >= 0.6 is 0 Å². The van der Waals surface area contributed by atoms with E-state index >= 15 is 0 Å². The first-order valence-corrected chi connectivity index (χ1v) is 6.76. The summed E-state index contributed by atoms with van der Waals surface area (Å²) in [7, 11) is 0. The third-order valence-corrected chi connectivity index (χ3v) is 3.29. The molecule has 0 bridgehead atoms. The normalized spacial score (nSPS) is 16.9. The summed E-state index contributed by atoms with van der Waals surface area (Å²) in [5, 5.41) is 0. The minimum atomic E-state index is 0.681. The van der Waals surface area contributed by atoms with Crippen LogP contribution in [0.25, 0.3) is 11.0 Å². The maximum atomic E-state index is 5.50. The van der Waals surface area contributed by atoms with Gasteiger partial charge in [0, 0.05) is 19.2 Å². The maximum Gasteiger partial charge on any atom is 0.121 e. The molecule has 3 rings (SSSR count). The van der Waals surface area contributed by atoms with E-state index in [0.717, 1.165) is 55.5 Å². The highest BCUT2D eigenvalue weighted by Crippen LogP contribution is 2.19. The molecule has 102 valence electrons. The molecule has 0 amide bonds. The average molecular weight is 261 g/mol. The highest BCUT2D eigenvalue weighted by molar-refractivity contribution is 5.76. The number of imidazole rings is 1. The van der Waals surface area contributed by atoms with Gasteiger partial charge < -0.3 is 14.5 Å². The van der Waals surface area contributed by atoms with E-state index < -0.39 is 0 Å². The summed E-state index contributed by atoms with van der Waals surface area (Å²) in [6.07, 6.45) is 0. The quantitative estimate of drug-likeness (QED) is 0.911. The van der Waals surface area contributed by atoms with Gasteiger partial charge in [-0.15, -0.1) is 0 Å². The highest BCUT2D eigenvalue weighted by Gasteiger charge is 2.13. The van der Waals surface area contributed by atoms with E-state index in [1.807, 2.05) is 25.1 Å². The first-order chi connectivity index (χ1) is 9.35. The number of hydrogen-bond donors (Lipinski definition) is 1. The van der Waals surface area contributed by atoms with Crippen molar-refractivity contribution >= 4 is 11.0 Å². The van der Waals surface area contributed by atoms with Crippen LogP contribution in [0.1, 0.15) is 12.7 Å². The van der Waals surface area contributed by atoms with Gasteiger partial charge in [-0.2, -0.15) is 0 Å². The van der Waals surface area contributed by atoms with Crippen molar-refractivity contribution in [1.29, 1.82) is 0 Å². The fraction of sp³-hybridized carbons (Fsp3) is 0.500. The van der Waals surface area contributed by atoms with Gasteiger partial charge in [0.05, 0.1) is 37.4 Å². The third-order valence-electron chi connectivity index (χ3n) is 3.29. The molecule has 0 unspecified atom stereocenters. The molecule has 1 fully saturated rings. The van der Waals surface area contributed by atoms with Crippen LogP contribution in [0.4, 0.5) is 0 Å². The van der Waals surface area contributed by atoms with Gasteiger partial charge in [0.2, 0.25) is 0 Å². The van der Waals surface area contributed by atoms with Crippen LogP contribution in [0.5, 0.6) is 5.75 Å². The zero-order valence-corrected chi connectivity index (χ0v) is 11.2. The lowest BCUT2D eigenvalue weighted by Crippen LogP contribution is -2.35. The largest absolute Gasteiger partial charge is 0.494 e. The minimum absolute atomic E-state index is 0.681. The zero-order chi connectivity index (χ0) is 13.1. The van der Waals surface area contributed by atoms with Crippen molar-refractivity contribution in [2.75, 3.05) is 32.9 Å². The molecule has 5 nitrogen and oxygen atoms in total. The monoisotopic (exact) mass is 261 g/mol. The van der Waals surface area contributed by atoms with Crippen molar-refractivity contribution in [3.05, 3.63) is 24.0 Å². The van der Waals surface area contributed by atoms with Crippen molar-refractivity contribution < 1.29 is 9.47 Å². The molecule has 2 heterocycles. The highest BCUT2D eigenvalue weighted by atomic mass is 16.5. The molecule has 0 saturated carbocycles. The predicted octanol–water partition coefficient (Wildman–Crippen LogP) is 1.79. The number of rotatable bonds is 4. The molecule has 2 aromatic rings. The SMILES string of the molecule is CCOc1ccc2nc(CN3CCOCC3)[nH]c2c1. The molecule has 1 N–H and O–H groups in total. The summed E-state index contributed by atoms with van der Waals surface area (Å²) in [6, 6.07) is 5.97. The minimum Gasteiger partial charge on any atom is -0.494 e. The van der Waals surface area contributed by atoms with Crippen LogP contribution in [0.2, 0.25) is 0 Å². The first kappa shape index (κ1) is 12.4. The molecule has 0 aliphatic carbocycles. The average Bonchev–Trinajstić information content (AvgIpc) is 2.82. The second kappa shape index (κ2) is 5.59. The number of aromatic amines is 1. The Bertz CT molecular complexity index is 547. The fourth-order valence-corrected chi connectivity index (χ4v) is 2.34. The summed E-state index contributed by atoms with van der Waals surface area (Å²) in [5.74, 6) is 1.89. The molecule has 1 aromatic carbocycles. The summed E-state index contributed by atoms with van der Waals surface area (Å²) in [6.45, 7) is 7.09. The van der Waals surface area contributed by atoms with Gasteiger partial charge >= 0.3 is 0 Å². The third kappa shape index (κ3) is 2.88. The van der Waals surface area contributed by atoms with E-state index in [9.17, 15) is 0 Å². The molecule has 1 aliphatic heterocycles. The zero-order valence-electron chi connectivity index (χ0n) is 11.2. The van der Waals surface area contributed by atoms with Crippen molar-refractivity contribution in [2.45, 2.75) is 13.5 Å². The molecule has 1 aliphatic rings. The van der Waals surface area contributed by atoms with Gasteiger partial charge in [-0.05, 0) is 19.1 Å². The number of fused-ring (bicyclic) bond motifs is 1. The van der Waals surface area contributed by atoms with Gasteiger partial charge in [-0.3, -0.25) is 4.90 Å². The van der Waals surface area contributed by atoms with Gasteiger partial charge in [0.15, 0.2) is 0 Å². The van der Waals surface area contributed by atoms with Gasteiger partial charge in [0.25, 0.3) is 0 Å². The summed E-state index contributed by atoms with van der Waals surface area (Å²) < 4.78 is 10.8. The Morgan fingerprint density at radius 3 is 3.00 bits per heavy atom. The number of nitrogens with zero attached hydrogens (tertiary/aromatic N) is 2. The van der Waals surface area contributed by atoms with Crippen molar-refractivity contribution in [1.82, 2.24) is 14.9 Å². The van der Waals surface area contributed by atoms with E-state index in [1.165, 1.54) is 0 Å². The van der Waals surface area contributed by atoms with Crippen LogP contribution < -0.4 is 4.74 Å². The number of morpholine rings is 1. The Morgan fingerprint density at radius 2 is 2.21 bits per heavy atom. The van der Waals surface area contributed by atoms with E-state index in [-0.39, 0.29) is 0 Å². The number of nitrogens with one attached hydrogen (secondary N) is 1. The van der Waals surface area contributed by atoms with Crippen molar-refractivity contribution in [3.63, 3.8) is 0 Å². The lowest BCUT2D eigenvalue weighted by molar-refractivity contribution is 0.0332. The predicted molar refractivity (Wildman–Crippen MR) is 73.4 cm³/mol. The molecule has 5 heteroatoms. The van der Waals surface area contributed by atoms with Gasteiger partial charge in [0.1, 0.15) is 11.6 Å². The van der Waals surface area contributed by atoms with E-state index in [1.54, 1.807) is 0 Å². The summed E-state index contributed by atoms with van der Waals surface area (Å²) in [5.41, 5.74) is 2.03. The van der Waals surface area contributed by atoms with E-state index in [4.69, 9.17) is 9.47 Å². The van der Waals surface area contributed by atoms with Gasteiger partial charge in [-0.25, -0.2) is 4.98 Å². The molecule has 0 radical (unpaired) electrons. The van der Waals surface area contributed by atoms with Crippen LogP contribution in [-0.4, -0.2) is 47.8 Å². The second-order valence-corrected chi connectivity index (χ2v) is 4.68. The van der Waals surface area contributed by atoms with Crippen LogP contribution in [0.15, 0.2) is 18.2 Å². The summed E-state index contributed by atoms with van der Waals surface area (Å²) >= 11 is 0. The Kier molecular flexibility index (Phi) is 3.66. The maximum absolute atomic E-state index is 5.50. The Morgan fingerprint density at radius 1 is 1.37 bits per heavy atom. The van der Waals surface area contributed by atoms with Gasteiger partial charge in [-0.1, -0.05) is 0 Å². The van der Waals surface area contributed by atoms with Crippen LogP contribution in [-0.2, 0) is 11.3 Å². The molecule has 1 saturated heterocycles. The molecule has 0 spiro atoms. The molecule has 19 heavy (non-hydrogen) atoms. The van der Waals surface area contributed by atoms with Crippen molar-refractivity contribution in [3.8, 4) is 5.75 Å². The number of hydrogen-bond acceptors (Lipinski definition) is 4. The Labute approximate surface area is 112 Å². The van der Waals surface area contributed by atoms with Crippen LogP contribution in [0.3, 0.4) is 0 Å². The number of aromatic nitrogens is 2. The topological polar surface area (TPSA) is 50.4 Å². The molecule has 0 atom stereocenters. The smallest absolute Gasteiger partial charge is 0.121 e. The van der Waals surface area contributed by atoms with Crippen LogP contribution in [0, 0.1) is 0 Å². The van der Waals surface area contributed by atoms with E-state index in [2.05, 4.69) is 14.9 Å². The molecule has 1 aromatic heterocycles. The summed E-state index contributed by atoms with van der Waals surface area (Å²) in [4.78, 5) is 10.3. The van der Waals surface area contributed by atoms with E-state index in [0.29, 0.717) is 6.61 Å². The second-order valence-electron chi connectivity index (χ2n) is 4.68. The lowest BCUT2D eigenvalue weighted by atomic mass is 10.3. The lowest BCUT2D eigenvalue weighted by Gasteiger charge is -2.25. The Hall–Kier alpha value is -1.59. The number of ether oxygens (including phenoxy) is 2. The van der Waals surface area contributed by atoms with Crippen molar-refractivity contribution in [2.24, 2.45) is 0 Å².